The zero-order valence-electron chi connectivity index (χ0n) is 15.9. The van der Waals surface area contributed by atoms with E-state index in [0.29, 0.717) is 13.0 Å². The maximum Gasteiger partial charge on any atom is 0.152 e. The summed E-state index contributed by atoms with van der Waals surface area (Å²) in [6.07, 6.45) is 2.19. The van der Waals surface area contributed by atoms with Crippen molar-refractivity contribution in [3.63, 3.8) is 0 Å². The number of fused-ring (bicyclic) bond motifs is 3. The van der Waals surface area contributed by atoms with Crippen molar-refractivity contribution in [1.29, 1.82) is 0 Å². The Morgan fingerprint density at radius 1 is 1.33 bits per heavy atom. The van der Waals surface area contributed by atoms with Gasteiger partial charge in [0.2, 0.25) is 0 Å². The first kappa shape index (κ1) is 14.6. The van der Waals surface area contributed by atoms with Crippen molar-refractivity contribution in [2.45, 2.75) is 73.2 Å². The monoisotopic (exact) mass is 462 g/mol. The number of aliphatic hydroxyl groups excluding tert-OH is 1. The lowest BCUT2D eigenvalue weighted by molar-refractivity contribution is -0.136. The number of alkyl halides is 2. The van der Waals surface area contributed by atoms with E-state index in [1.165, 1.54) is 0 Å². The Hall–Kier alpha value is 0.550. The first-order chi connectivity index (χ1) is 12.1. The summed E-state index contributed by atoms with van der Waals surface area (Å²) < 4.78 is 23.9. The SMILES string of the molecule is [2H]C1([2H])[C@@H]2[C@H](CC[C@]3(C)C(=O)[C@H](Br)C[C@@H]23)[C@@]23CC[C@H](O)C[C@]2(Br)[C@@H]1OC3. The number of hydrogen-bond acceptors (Lipinski definition) is 3. The van der Waals surface area contributed by atoms with Crippen molar-refractivity contribution >= 4 is 37.6 Å². The summed E-state index contributed by atoms with van der Waals surface area (Å²) in [5, 5.41) is 10.3. The third kappa shape index (κ3) is 1.79. The lowest BCUT2D eigenvalue weighted by Crippen LogP contribution is -2.63. The highest BCUT2D eigenvalue weighted by Crippen LogP contribution is 2.71. The second kappa shape index (κ2) is 5.08. The van der Waals surface area contributed by atoms with Crippen molar-refractivity contribution in [3.8, 4) is 0 Å². The molecule has 5 rings (SSSR count). The molecule has 0 amide bonds. The molecule has 1 aliphatic heterocycles. The fraction of sp³-hybridized carbons (Fsp3) is 0.947. The summed E-state index contributed by atoms with van der Waals surface area (Å²) in [5.74, 6) is 0.378. The average molecular weight is 464 g/mol. The van der Waals surface area contributed by atoms with Gasteiger partial charge in [-0.2, -0.15) is 0 Å². The number of aliphatic hydroxyl groups is 1. The van der Waals surface area contributed by atoms with Crippen LogP contribution in [0.1, 0.15) is 54.6 Å². The van der Waals surface area contributed by atoms with Crippen LogP contribution in [-0.2, 0) is 9.53 Å². The lowest BCUT2D eigenvalue weighted by Gasteiger charge is -2.61. The van der Waals surface area contributed by atoms with E-state index in [0.717, 1.165) is 32.1 Å². The summed E-state index contributed by atoms with van der Waals surface area (Å²) in [4.78, 5) is 12.7. The Balaban J connectivity index is 1.65. The largest absolute Gasteiger partial charge is 0.393 e. The van der Waals surface area contributed by atoms with Gasteiger partial charge in [0.15, 0.2) is 5.78 Å². The van der Waals surface area contributed by atoms with Crippen molar-refractivity contribution in [2.75, 3.05) is 6.61 Å². The van der Waals surface area contributed by atoms with E-state index in [4.69, 9.17) is 7.48 Å². The van der Waals surface area contributed by atoms with Crippen LogP contribution < -0.4 is 0 Å². The molecule has 24 heavy (non-hydrogen) atoms. The lowest BCUT2D eigenvalue weighted by atomic mass is 9.45. The minimum absolute atomic E-state index is 0.0677. The van der Waals surface area contributed by atoms with Gasteiger partial charge in [0.25, 0.3) is 0 Å². The highest BCUT2D eigenvalue weighted by atomic mass is 79.9. The zero-order chi connectivity index (χ0) is 18.7. The second-order valence-electron chi connectivity index (χ2n) is 9.04. The Morgan fingerprint density at radius 3 is 2.92 bits per heavy atom. The number of hydrogen-bond donors (Lipinski definition) is 1. The van der Waals surface area contributed by atoms with Crippen molar-refractivity contribution in [3.05, 3.63) is 0 Å². The molecule has 1 N–H and O–H groups in total. The summed E-state index contributed by atoms with van der Waals surface area (Å²) in [7, 11) is 0. The number of rotatable bonds is 0. The van der Waals surface area contributed by atoms with E-state index < -0.39 is 28.3 Å². The van der Waals surface area contributed by atoms with Crippen LogP contribution >= 0.6 is 31.9 Å². The molecule has 0 spiro atoms. The van der Waals surface area contributed by atoms with Crippen LogP contribution in [0.4, 0.5) is 0 Å². The van der Waals surface area contributed by atoms with E-state index in [-0.39, 0.29) is 33.8 Å². The quantitative estimate of drug-likeness (QED) is 0.555. The molecule has 134 valence electrons. The Morgan fingerprint density at radius 2 is 2.12 bits per heavy atom. The molecule has 0 radical (unpaired) electrons. The Bertz CT molecular complexity index is 675. The summed E-state index contributed by atoms with van der Waals surface area (Å²) >= 11 is 7.51. The van der Waals surface area contributed by atoms with E-state index in [1.54, 1.807) is 0 Å². The molecule has 0 aromatic heterocycles. The van der Waals surface area contributed by atoms with Crippen LogP contribution in [0.5, 0.6) is 0 Å². The molecule has 2 bridgehead atoms. The van der Waals surface area contributed by atoms with Crippen LogP contribution in [0.3, 0.4) is 0 Å². The molecule has 0 aromatic rings. The Labute approximate surface area is 163 Å². The predicted octanol–water partition coefficient (Wildman–Crippen LogP) is 3.84. The van der Waals surface area contributed by atoms with Gasteiger partial charge >= 0.3 is 0 Å². The minimum atomic E-state index is -1.51. The molecule has 4 saturated carbocycles. The van der Waals surface area contributed by atoms with Crippen LogP contribution in [0.2, 0.25) is 0 Å². The molecule has 1 heterocycles. The van der Waals surface area contributed by atoms with E-state index in [2.05, 4.69) is 38.8 Å². The maximum atomic E-state index is 12.9. The molecular weight excluding hydrogens is 436 g/mol. The standard InChI is InChI=1S/C19H26Br2O3/c1-17-4-3-12-11(13(17)7-14(20)16(17)23)6-15-19(21)8-10(22)2-5-18(12,19)9-24-15/h10-15,22H,2-9H2,1H3/t10-,11+,12-,13-,14+,15+,17-,18-,19-/m0/s1/i6D2. The summed E-state index contributed by atoms with van der Waals surface area (Å²) in [6.45, 7) is 2.64. The summed E-state index contributed by atoms with van der Waals surface area (Å²) in [5.41, 5.74) is -0.540. The van der Waals surface area contributed by atoms with Crippen LogP contribution in [0, 0.1) is 28.6 Å². The van der Waals surface area contributed by atoms with Gasteiger partial charge in [-0.05, 0) is 62.7 Å². The zero-order valence-corrected chi connectivity index (χ0v) is 17.1. The Kier molecular flexibility index (Phi) is 3.09. The molecule has 1 saturated heterocycles. The molecular formula is C19H26Br2O3. The number of ketones is 1. The van der Waals surface area contributed by atoms with Gasteiger partial charge in [0, 0.05) is 13.6 Å². The average Bonchev–Trinajstić information content (AvgIpc) is 2.95. The van der Waals surface area contributed by atoms with E-state index in [1.807, 2.05) is 0 Å². The van der Waals surface area contributed by atoms with Gasteiger partial charge in [-0.3, -0.25) is 4.79 Å². The minimum Gasteiger partial charge on any atom is -0.393 e. The van der Waals surface area contributed by atoms with E-state index >= 15 is 0 Å². The van der Waals surface area contributed by atoms with E-state index in [9.17, 15) is 9.90 Å². The maximum absolute atomic E-state index is 12.9. The third-order valence-corrected chi connectivity index (χ3v) is 10.5. The number of halogens is 2. The third-order valence-electron chi connectivity index (χ3n) is 8.23. The number of carbonyl (C=O) groups excluding carboxylic acids is 1. The van der Waals surface area contributed by atoms with Crippen LogP contribution in [-0.4, -0.2) is 38.9 Å². The first-order valence-electron chi connectivity index (χ1n) is 10.2. The molecule has 5 fully saturated rings. The molecule has 9 atom stereocenters. The molecule has 3 nitrogen and oxygen atoms in total. The van der Waals surface area contributed by atoms with Gasteiger partial charge < -0.3 is 9.84 Å². The second-order valence-corrected chi connectivity index (χ2v) is 11.6. The summed E-state index contributed by atoms with van der Waals surface area (Å²) in [6, 6.07) is 0. The molecule has 4 aliphatic carbocycles. The first-order valence-corrected chi connectivity index (χ1v) is 11.0. The van der Waals surface area contributed by atoms with Crippen molar-refractivity contribution in [2.24, 2.45) is 28.6 Å². The van der Waals surface area contributed by atoms with Gasteiger partial charge in [-0.25, -0.2) is 0 Å². The van der Waals surface area contributed by atoms with Crippen LogP contribution in [0.15, 0.2) is 0 Å². The number of Topliss-reactive ketones (excluding diaryl/α,β-unsaturated/α-hetero) is 1. The fourth-order valence-electron chi connectivity index (χ4n) is 6.91. The highest BCUT2D eigenvalue weighted by Gasteiger charge is 2.72. The van der Waals surface area contributed by atoms with Gasteiger partial charge in [0.05, 0.1) is 28.0 Å². The molecule has 0 unspecified atom stereocenters. The number of ether oxygens (including phenoxy) is 1. The fourth-order valence-corrected chi connectivity index (χ4v) is 9.08. The number of carbonyl (C=O) groups is 1. The van der Waals surface area contributed by atoms with Crippen molar-refractivity contribution in [1.82, 2.24) is 0 Å². The van der Waals surface area contributed by atoms with Crippen LogP contribution in [0.25, 0.3) is 0 Å². The normalized spacial score (nSPS) is 65.4. The predicted molar refractivity (Wildman–Crippen MR) is 98.5 cm³/mol. The molecule has 5 aliphatic rings. The van der Waals surface area contributed by atoms with Gasteiger partial charge in [-0.15, -0.1) is 0 Å². The molecule has 5 heteroatoms. The van der Waals surface area contributed by atoms with Crippen molar-refractivity contribution < 1.29 is 17.4 Å². The smallest absolute Gasteiger partial charge is 0.152 e. The topological polar surface area (TPSA) is 46.5 Å². The van der Waals surface area contributed by atoms with Gasteiger partial charge in [-0.1, -0.05) is 38.8 Å². The highest BCUT2D eigenvalue weighted by molar-refractivity contribution is 9.10. The molecule has 0 aromatic carbocycles. The van der Waals surface area contributed by atoms with Gasteiger partial charge in [0.1, 0.15) is 0 Å².